The first-order valence-corrected chi connectivity index (χ1v) is 12.7. The molecule has 7 heteroatoms. The molecule has 0 bridgehead atoms. The predicted octanol–water partition coefficient (Wildman–Crippen LogP) is 6.41. The lowest BCUT2D eigenvalue weighted by Crippen LogP contribution is -2.26. The normalized spacial score (nSPS) is 11.2. The Morgan fingerprint density at radius 1 is 0.892 bits per heavy atom. The van der Waals surface area contributed by atoms with Crippen LogP contribution in [0.15, 0.2) is 95.2 Å². The second-order valence-electron chi connectivity index (χ2n) is 8.91. The van der Waals surface area contributed by atoms with Gasteiger partial charge >= 0.3 is 0 Å². The van der Waals surface area contributed by atoms with Crippen molar-refractivity contribution in [3.8, 4) is 11.3 Å². The maximum absolute atomic E-state index is 13.1. The number of hydrogen-bond donors (Lipinski definition) is 2. The van der Waals surface area contributed by atoms with E-state index in [4.69, 9.17) is 10.2 Å². The zero-order valence-electron chi connectivity index (χ0n) is 21.2. The molecule has 190 valence electrons. The molecule has 0 fully saturated rings. The number of amides is 1. The molecular formula is C30H33N5O2. The van der Waals surface area contributed by atoms with Crippen molar-refractivity contribution < 1.29 is 9.90 Å². The fourth-order valence-corrected chi connectivity index (χ4v) is 4.23. The molecule has 0 unspecified atom stereocenters. The van der Waals surface area contributed by atoms with Gasteiger partial charge in [0.1, 0.15) is 0 Å². The van der Waals surface area contributed by atoms with Gasteiger partial charge in [-0.15, -0.1) is 0 Å². The van der Waals surface area contributed by atoms with Gasteiger partial charge in [-0.05, 0) is 62.4 Å². The number of aliphatic hydroxyl groups is 1. The van der Waals surface area contributed by atoms with E-state index >= 15 is 0 Å². The molecule has 0 aliphatic rings. The molecule has 4 rings (SSSR count). The van der Waals surface area contributed by atoms with E-state index in [9.17, 15) is 4.79 Å². The van der Waals surface area contributed by atoms with Crippen LogP contribution >= 0.6 is 0 Å². The van der Waals surface area contributed by atoms with Crippen molar-refractivity contribution in [1.82, 2.24) is 15.1 Å². The minimum absolute atomic E-state index is 0.177. The van der Waals surface area contributed by atoms with Gasteiger partial charge < -0.3 is 10.4 Å². The molecule has 7 nitrogen and oxygen atoms in total. The number of unbranched alkanes of at least 4 members (excludes halogenated alkanes) is 2. The van der Waals surface area contributed by atoms with Crippen molar-refractivity contribution in [3.63, 3.8) is 0 Å². The van der Waals surface area contributed by atoms with Gasteiger partial charge in [-0.2, -0.15) is 15.3 Å². The third-order valence-electron chi connectivity index (χ3n) is 6.13. The van der Waals surface area contributed by atoms with Gasteiger partial charge in [0, 0.05) is 30.8 Å². The summed E-state index contributed by atoms with van der Waals surface area (Å²) < 4.78 is 1.93. The van der Waals surface area contributed by atoms with E-state index in [0.717, 1.165) is 53.0 Å². The minimum atomic E-state index is -0.177. The molecule has 37 heavy (non-hydrogen) atoms. The molecule has 0 atom stereocenters. The van der Waals surface area contributed by atoms with Crippen molar-refractivity contribution in [2.24, 2.45) is 10.2 Å². The Labute approximate surface area is 217 Å². The highest BCUT2D eigenvalue weighted by Crippen LogP contribution is 2.26. The summed E-state index contributed by atoms with van der Waals surface area (Å²) in [6, 6.07) is 27.5. The Morgan fingerprint density at radius 2 is 1.59 bits per heavy atom. The fourth-order valence-electron chi connectivity index (χ4n) is 4.23. The Hall–Kier alpha value is -4.10. The molecule has 1 heterocycles. The third-order valence-corrected chi connectivity index (χ3v) is 6.13. The Morgan fingerprint density at radius 3 is 2.35 bits per heavy atom. The van der Waals surface area contributed by atoms with Crippen molar-refractivity contribution in [1.29, 1.82) is 0 Å². The van der Waals surface area contributed by atoms with Crippen LogP contribution < -0.4 is 5.32 Å². The van der Waals surface area contributed by atoms with Crippen LogP contribution in [-0.4, -0.2) is 33.9 Å². The summed E-state index contributed by atoms with van der Waals surface area (Å²) in [4.78, 5) is 13.1. The van der Waals surface area contributed by atoms with E-state index in [0.29, 0.717) is 25.2 Å². The molecular weight excluding hydrogens is 462 g/mol. The summed E-state index contributed by atoms with van der Waals surface area (Å²) in [6.45, 7) is 3.33. The van der Waals surface area contributed by atoms with Crippen molar-refractivity contribution in [3.05, 3.63) is 102 Å². The van der Waals surface area contributed by atoms with E-state index in [1.807, 2.05) is 96.5 Å². The number of hydrogen-bond acceptors (Lipinski definition) is 5. The summed E-state index contributed by atoms with van der Waals surface area (Å²) in [6.07, 6.45) is 3.24. The first-order chi connectivity index (χ1) is 18.2. The number of aryl methyl sites for hydroxylation is 1. The molecule has 0 aliphatic heterocycles. The topological polar surface area (TPSA) is 91.9 Å². The molecule has 0 saturated heterocycles. The van der Waals surface area contributed by atoms with Crippen LogP contribution in [0.1, 0.15) is 40.9 Å². The zero-order valence-corrected chi connectivity index (χ0v) is 21.2. The van der Waals surface area contributed by atoms with Crippen molar-refractivity contribution >= 4 is 17.3 Å². The monoisotopic (exact) mass is 495 g/mol. The smallest absolute Gasteiger partial charge is 0.272 e. The number of aromatic nitrogens is 2. The Kier molecular flexibility index (Phi) is 9.32. The van der Waals surface area contributed by atoms with E-state index in [1.54, 1.807) is 0 Å². The quantitative estimate of drug-likeness (QED) is 0.176. The second-order valence-corrected chi connectivity index (χ2v) is 8.91. The molecule has 1 aromatic heterocycles. The van der Waals surface area contributed by atoms with Gasteiger partial charge in [-0.3, -0.25) is 9.48 Å². The van der Waals surface area contributed by atoms with Gasteiger partial charge in [-0.25, -0.2) is 0 Å². The lowest BCUT2D eigenvalue weighted by Gasteiger charge is -2.08. The predicted molar refractivity (Wildman–Crippen MR) is 146 cm³/mol. The maximum Gasteiger partial charge on any atom is 0.272 e. The summed E-state index contributed by atoms with van der Waals surface area (Å²) in [7, 11) is 0. The van der Waals surface area contributed by atoms with E-state index < -0.39 is 0 Å². The lowest BCUT2D eigenvalue weighted by molar-refractivity contribution is 0.0947. The van der Waals surface area contributed by atoms with Crippen LogP contribution in [0, 0.1) is 6.92 Å². The highest BCUT2D eigenvalue weighted by Gasteiger charge is 2.20. The van der Waals surface area contributed by atoms with Gasteiger partial charge in [-0.1, -0.05) is 60.7 Å². The number of carbonyl (C=O) groups is 1. The van der Waals surface area contributed by atoms with E-state index in [-0.39, 0.29) is 12.5 Å². The minimum Gasteiger partial charge on any atom is -0.396 e. The van der Waals surface area contributed by atoms with Crippen LogP contribution in [0.3, 0.4) is 0 Å². The Bertz CT molecular complexity index is 1320. The zero-order chi connectivity index (χ0) is 25.9. The molecule has 0 spiro atoms. The summed E-state index contributed by atoms with van der Waals surface area (Å²) in [5.74, 6) is -0.177. The Balaban J connectivity index is 1.41. The van der Waals surface area contributed by atoms with Gasteiger partial charge in [0.05, 0.1) is 17.1 Å². The number of aliphatic hydroxyl groups excluding tert-OH is 1. The third kappa shape index (κ3) is 7.21. The summed E-state index contributed by atoms with van der Waals surface area (Å²) in [5.41, 5.74) is 5.97. The van der Waals surface area contributed by atoms with Crippen LogP contribution in [0.25, 0.3) is 11.3 Å². The first-order valence-electron chi connectivity index (χ1n) is 12.7. The van der Waals surface area contributed by atoms with Gasteiger partial charge in [0.25, 0.3) is 5.91 Å². The molecule has 0 radical (unpaired) electrons. The average Bonchev–Trinajstić information content (AvgIpc) is 3.27. The number of carbonyl (C=O) groups excluding carboxylic acids is 1. The first kappa shape index (κ1) is 26.0. The number of benzene rings is 3. The number of azo groups is 1. The number of nitrogens with one attached hydrogen (secondary N) is 1. The molecule has 0 aliphatic carbocycles. The van der Waals surface area contributed by atoms with Gasteiger partial charge in [0.2, 0.25) is 0 Å². The molecule has 3 aromatic carbocycles. The lowest BCUT2D eigenvalue weighted by atomic mass is 10.1. The molecule has 4 aromatic rings. The summed E-state index contributed by atoms with van der Waals surface area (Å²) in [5, 5.41) is 25.4. The van der Waals surface area contributed by atoms with E-state index in [1.165, 1.54) is 0 Å². The van der Waals surface area contributed by atoms with Crippen LogP contribution in [0.5, 0.6) is 0 Å². The number of nitrogens with zero attached hydrogens (tertiary/aromatic N) is 4. The average molecular weight is 496 g/mol. The second kappa shape index (κ2) is 13.3. The molecule has 2 N–H and O–H groups in total. The highest BCUT2D eigenvalue weighted by atomic mass is 16.2. The number of rotatable bonds is 12. The standard InChI is InChI=1S/C30H33N5O2/c1-23-28(34-35(20-9-4-10-21-36)29(23)25-13-5-2-6-14-25)30(37)31-19-18-24-12-11-17-27(22-24)33-32-26-15-7-3-8-16-26/h2-3,5-8,11-17,22,36H,4,9-10,18-21H2,1H3,(H,31,37). The van der Waals surface area contributed by atoms with Gasteiger partial charge in [0.15, 0.2) is 5.69 Å². The molecule has 0 saturated carbocycles. The molecule has 1 amide bonds. The van der Waals surface area contributed by atoms with Crippen LogP contribution in [-0.2, 0) is 13.0 Å². The van der Waals surface area contributed by atoms with E-state index in [2.05, 4.69) is 15.5 Å². The highest BCUT2D eigenvalue weighted by molar-refractivity contribution is 5.95. The largest absolute Gasteiger partial charge is 0.396 e. The van der Waals surface area contributed by atoms with Crippen molar-refractivity contribution in [2.75, 3.05) is 13.2 Å². The van der Waals surface area contributed by atoms with Crippen LogP contribution in [0.2, 0.25) is 0 Å². The van der Waals surface area contributed by atoms with Crippen molar-refractivity contribution in [2.45, 2.75) is 39.2 Å². The SMILES string of the molecule is Cc1c(C(=O)NCCc2cccc(N=Nc3ccccc3)c2)nn(CCCCCO)c1-c1ccccc1. The maximum atomic E-state index is 13.1. The fraction of sp³-hybridized carbons (Fsp3) is 0.267. The summed E-state index contributed by atoms with van der Waals surface area (Å²) >= 11 is 0. The van der Waals surface area contributed by atoms with Crippen LogP contribution in [0.4, 0.5) is 11.4 Å².